The van der Waals surface area contributed by atoms with Crippen LogP contribution in [-0.2, 0) is 14.2 Å². The number of nitrogens with one attached hydrogen (secondary N) is 1. The largest absolute Gasteiger partial charge is 0.512 e. The molecule has 2 aromatic carbocycles. The number of rotatable bonds is 10. The molecule has 0 aliphatic carbocycles. The number of aromatic hydroxyl groups is 1. The van der Waals surface area contributed by atoms with Gasteiger partial charge in [-0.2, -0.15) is 4.89 Å². The molecule has 0 bridgehead atoms. The molecule has 0 saturated heterocycles. The van der Waals surface area contributed by atoms with Crippen LogP contribution in [-0.4, -0.2) is 37.8 Å². The lowest BCUT2D eigenvalue weighted by Gasteiger charge is -2.26. The lowest BCUT2D eigenvalue weighted by molar-refractivity contribution is -0.143. The van der Waals surface area contributed by atoms with Gasteiger partial charge in [0.15, 0.2) is 0 Å². The second-order valence-corrected chi connectivity index (χ2v) is 7.42. The van der Waals surface area contributed by atoms with Gasteiger partial charge >= 0.3 is 20.0 Å². The summed E-state index contributed by atoms with van der Waals surface area (Å²) in [6.45, 7) is 0. The third-order valence-corrected chi connectivity index (χ3v) is 5.54. The van der Waals surface area contributed by atoms with Crippen LogP contribution in [0.1, 0.15) is 24.4 Å². The minimum absolute atomic E-state index is 0.104. The van der Waals surface area contributed by atoms with E-state index in [2.05, 4.69) is 5.32 Å². The topological polar surface area (TPSA) is 144 Å². The van der Waals surface area contributed by atoms with E-state index in [0.29, 0.717) is 5.56 Å². The standard InChI is InChI=1S/C19H20NO7P/c21-15-9-5-4-8-14(15)20-17(12-6-2-1-3-7-12)18(28(26)27)13(19(24)25)10-11-16(22)23/h1-9,13,17-18,20H,10-11H2,(H3-,21,22,23,24,25,26,27)/p+1. The molecule has 2 aromatic rings. The summed E-state index contributed by atoms with van der Waals surface area (Å²) in [6, 6.07) is 13.8. The zero-order valence-corrected chi connectivity index (χ0v) is 15.7. The van der Waals surface area contributed by atoms with Crippen molar-refractivity contribution in [2.24, 2.45) is 5.92 Å². The van der Waals surface area contributed by atoms with E-state index in [1.807, 2.05) is 0 Å². The Hall–Kier alpha value is -2.96. The first-order valence-electron chi connectivity index (χ1n) is 8.50. The fourth-order valence-corrected chi connectivity index (χ4v) is 4.11. The second kappa shape index (κ2) is 9.82. The number of para-hydroxylation sites is 2. The lowest BCUT2D eigenvalue weighted by Crippen LogP contribution is -2.35. The van der Waals surface area contributed by atoms with E-state index in [1.165, 1.54) is 6.07 Å². The minimum Gasteiger partial charge on any atom is -0.506 e. The number of anilines is 1. The van der Waals surface area contributed by atoms with Crippen molar-refractivity contribution in [3.05, 3.63) is 60.2 Å². The summed E-state index contributed by atoms with van der Waals surface area (Å²) in [5.74, 6) is -4.03. The molecule has 0 aliphatic heterocycles. The molecule has 2 rings (SSSR count). The molecule has 5 N–H and O–H groups in total. The number of carbonyl (C=O) groups is 2. The Morgan fingerprint density at radius 1 is 1.00 bits per heavy atom. The second-order valence-electron chi connectivity index (χ2n) is 6.22. The first kappa shape index (κ1) is 21.3. The van der Waals surface area contributed by atoms with E-state index < -0.39 is 44.0 Å². The van der Waals surface area contributed by atoms with Crippen molar-refractivity contribution in [2.45, 2.75) is 24.5 Å². The van der Waals surface area contributed by atoms with Gasteiger partial charge in [0, 0.05) is 6.42 Å². The van der Waals surface area contributed by atoms with Crippen LogP contribution >= 0.6 is 8.03 Å². The van der Waals surface area contributed by atoms with Gasteiger partial charge in [-0.3, -0.25) is 9.59 Å². The molecule has 0 spiro atoms. The highest BCUT2D eigenvalue weighted by Gasteiger charge is 2.48. The molecular formula is C19H21NO7P+. The fraction of sp³-hybridized carbons (Fsp3) is 0.263. The maximum Gasteiger partial charge on any atom is 0.512 e. The van der Waals surface area contributed by atoms with Crippen molar-refractivity contribution in [2.75, 3.05) is 5.32 Å². The number of aliphatic carboxylic acids is 2. The quantitative estimate of drug-likeness (QED) is 0.299. The fourth-order valence-electron chi connectivity index (χ4n) is 3.02. The van der Waals surface area contributed by atoms with E-state index in [4.69, 9.17) is 5.11 Å². The molecule has 0 heterocycles. The Balaban J connectivity index is 2.49. The van der Waals surface area contributed by atoms with Gasteiger partial charge in [-0.15, -0.1) is 0 Å². The first-order valence-corrected chi connectivity index (χ1v) is 9.78. The summed E-state index contributed by atoms with van der Waals surface area (Å²) in [5.41, 5.74) is -0.524. The number of hydrogen-bond donors (Lipinski definition) is 5. The molecule has 0 radical (unpaired) electrons. The van der Waals surface area contributed by atoms with Gasteiger partial charge < -0.3 is 20.6 Å². The summed E-state index contributed by atoms with van der Waals surface area (Å²) >= 11 is 0. The molecule has 0 aliphatic rings. The zero-order valence-electron chi connectivity index (χ0n) is 14.8. The number of phenolic OH excluding ortho intramolecular Hbond substituents is 1. The van der Waals surface area contributed by atoms with Crippen LogP contribution in [0.5, 0.6) is 5.75 Å². The van der Waals surface area contributed by atoms with Crippen LogP contribution in [0.25, 0.3) is 0 Å². The van der Waals surface area contributed by atoms with E-state index in [-0.39, 0.29) is 17.9 Å². The van der Waals surface area contributed by atoms with Crippen molar-refractivity contribution >= 4 is 25.7 Å². The van der Waals surface area contributed by atoms with E-state index in [1.54, 1.807) is 48.5 Å². The maximum absolute atomic E-state index is 12.2. The van der Waals surface area contributed by atoms with Crippen LogP contribution < -0.4 is 5.32 Å². The molecule has 0 aromatic heterocycles. The average molecular weight is 406 g/mol. The molecular weight excluding hydrogens is 385 g/mol. The van der Waals surface area contributed by atoms with Crippen LogP contribution in [0.4, 0.5) is 5.69 Å². The predicted molar refractivity (Wildman–Crippen MR) is 103 cm³/mol. The van der Waals surface area contributed by atoms with Crippen molar-refractivity contribution in [3.8, 4) is 5.75 Å². The van der Waals surface area contributed by atoms with E-state index in [0.717, 1.165) is 0 Å². The summed E-state index contributed by atoms with van der Waals surface area (Å²) in [7, 11) is -3.00. The summed E-state index contributed by atoms with van der Waals surface area (Å²) in [4.78, 5) is 32.7. The molecule has 148 valence electrons. The number of carboxylic acids is 2. The van der Waals surface area contributed by atoms with Gasteiger partial charge in [0.05, 0.1) is 5.69 Å². The highest BCUT2D eigenvalue weighted by molar-refractivity contribution is 7.39. The SMILES string of the molecule is O=C(O)CCC(C(=O)O)C(C(Nc1ccccc1O)c1ccccc1)[P+](=O)O. The summed E-state index contributed by atoms with van der Waals surface area (Å²) in [6.07, 6.45) is -0.752. The first-order chi connectivity index (χ1) is 13.3. The molecule has 4 atom stereocenters. The molecule has 0 amide bonds. The molecule has 8 nitrogen and oxygen atoms in total. The molecule has 4 unspecified atom stereocenters. The molecule has 0 saturated carbocycles. The number of benzene rings is 2. The predicted octanol–water partition coefficient (Wildman–Crippen LogP) is 3.21. The highest BCUT2D eigenvalue weighted by Crippen LogP contribution is 2.43. The summed E-state index contributed by atoms with van der Waals surface area (Å²) < 4.78 is 12.2. The van der Waals surface area contributed by atoms with Gasteiger partial charge in [0.1, 0.15) is 17.7 Å². The number of phenols is 1. The monoisotopic (exact) mass is 406 g/mol. The third-order valence-electron chi connectivity index (χ3n) is 4.37. The Kier molecular flexibility index (Phi) is 7.49. The van der Waals surface area contributed by atoms with Gasteiger partial charge in [0.2, 0.25) is 5.66 Å². The van der Waals surface area contributed by atoms with E-state index in [9.17, 15) is 29.3 Å². The average Bonchev–Trinajstić information content (AvgIpc) is 2.65. The zero-order chi connectivity index (χ0) is 20.7. The smallest absolute Gasteiger partial charge is 0.506 e. The Morgan fingerprint density at radius 2 is 1.61 bits per heavy atom. The minimum atomic E-state index is -3.00. The van der Waals surface area contributed by atoms with Crippen LogP contribution in [0.2, 0.25) is 0 Å². The number of carboxylic acid groups (broad SMARTS) is 2. The molecule has 9 heteroatoms. The van der Waals surface area contributed by atoms with Crippen molar-refractivity contribution in [1.82, 2.24) is 0 Å². The Morgan fingerprint density at radius 3 is 2.14 bits per heavy atom. The normalized spacial score (nSPS) is 14.5. The molecule has 0 fully saturated rings. The van der Waals surface area contributed by atoms with Gasteiger partial charge in [-0.25, -0.2) is 0 Å². The Labute approximate surface area is 162 Å². The lowest BCUT2D eigenvalue weighted by atomic mass is 9.90. The van der Waals surface area contributed by atoms with Crippen molar-refractivity contribution in [1.29, 1.82) is 0 Å². The van der Waals surface area contributed by atoms with Crippen LogP contribution in [0.3, 0.4) is 0 Å². The van der Waals surface area contributed by atoms with Crippen LogP contribution in [0.15, 0.2) is 54.6 Å². The Bertz CT molecular complexity index is 843. The highest BCUT2D eigenvalue weighted by atomic mass is 31.1. The van der Waals surface area contributed by atoms with Gasteiger partial charge in [-0.05, 0) is 28.7 Å². The summed E-state index contributed by atoms with van der Waals surface area (Å²) in [5, 5.41) is 31.5. The maximum atomic E-state index is 12.2. The van der Waals surface area contributed by atoms with Crippen LogP contribution in [0, 0.1) is 5.92 Å². The van der Waals surface area contributed by atoms with Crippen molar-refractivity contribution in [3.63, 3.8) is 0 Å². The third kappa shape index (κ3) is 5.52. The van der Waals surface area contributed by atoms with Gasteiger partial charge in [0.25, 0.3) is 0 Å². The number of hydrogen-bond acceptors (Lipinski definition) is 5. The van der Waals surface area contributed by atoms with Crippen molar-refractivity contribution < 1.29 is 34.4 Å². The van der Waals surface area contributed by atoms with Gasteiger partial charge in [-0.1, -0.05) is 42.5 Å². The molecule has 28 heavy (non-hydrogen) atoms. The van der Waals surface area contributed by atoms with E-state index >= 15 is 0 Å².